The Balaban J connectivity index is 2.41. The zero-order chi connectivity index (χ0) is 15.5. The van der Waals surface area contributed by atoms with Crippen LogP contribution >= 0.6 is 0 Å². The molecule has 4 N–H and O–H groups in total. The minimum absolute atomic E-state index is 0.451. The molecule has 0 bridgehead atoms. The Morgan fingerprint density at radius 3 is 2.33 bits per heavy atom. The first-order valence-electron chi connectivity index (χ1n) is 6.63. The quantitative estimate of drug-likeness (QED) is 0.779. The van der Waals surface area contributed by atoms with E-state index in [1.54, 1.807) is 27.0 Å². The van der Waals surface area contributed by atoms with Crippen LogP contribution < -0.4 is 16.4 Å². The lowest BCUT2D eigenvalue weighted by Crippen LogP contribution is -2.45. The van der Waals surface area contributed by atoms with E-state index < -0.39 is 11.4 Å². The summed E-state index contributed by atoms with van der Waals surface area (Å²) >= 11 is 0. The van der Waals surface area contributed by atoms with E-state index in [1.165, 1.54) is 0 Å². The molecule has 0 aliphatic heterocycles. The second-order valence-corrected chi connectivity index (χ2v) is 5.19. The molecule has 0 unspecified atom stereocenters. The summed E-state index contributed by atoms with van der Waals surface area (Å²) in [6.45, 7) is 3.41. The molecule has 21 heavy (non-hydrogen) atoms. The van der Waals surface area contributed by atoms with Crippen molar-refractivity contribution in [1.82, 2.24) is 9.97 Å². The van der Waals surface area contributed by atoms with Crippen LogP contribution in [0, 0.1) is 0 Å². The van der Waals surface area contributed by atoms with Crippen LogP contribution in [-0.4, -0.2) is 28.5 Å². The summed E-state index contributed by atoms with van der Waals surface area (Å²) in [5.41, 5.74) is 5.38. The van der Waals surface area contributed by atoms with Crippen LogP contribution in [0.3, 0.4) is 0 Å². The van der Waals surface area contributed by atoms with Crippen LogP contribution in [0.2, 0.25) is 0 Å². The molecule has 1 aromatic heterocycles. The maximum absolute atomic E-state index is 11.4. The fourth-order valence-corrected chi connectivity index (χ4v) is 1.74. The van der Waals surface area contributed by atoms with Gasteiger partial charge in [0.15, 0.2) is 5.82 Å². The molecule has 0 spiro atoms. The largest absolute Gasteiger partial charge is 0.373 e. The second-order valence-electron chi connectivity index (χ2n) is 5.19. The molecule has 0 radical (unpaired) electrons. The van der Waals surface area contributed by atoms with Crippen molar-refractivity contribution in [2.75, 3.05) is 17.7 Å². The van der Waals surface area contributed by atoms with Gasteiger partial charge < -0.3 is 16.4 Å². The Kier molecular flexibility index (Phi) is 4.07. The van der Waals surface area contributed by atoms with Crippen molar-refractivity contribution < 1.29 is 4.79 Å². The summed E-state index contributed by atoms with van der Waals surface area (Å²) in [6, 6.07) is 11.4. The van der Waals surface area contributed by atoms with Gasteiger partial charge in [-0.25, -0.2) is 9.97 Å². The molecule has 0 atom stereocenters. The number of benzene rings is 1. The number of amides is 1. The molecule has 6 heteroatoms. The van der Waals surface area contributed by atoms with Gasteiger partial charge in [0.1, 0.15) is 17.2 Å². The van der Waals surface area contributed by atoms with Crippen LogP contribution in [0.15, 0.2) is 36.4 Å². The Morgan fingerprint density at radius 1 is 1.14 bits per heavy atom. The minimum Gasteiger partial charge on any atom is -0.373 e. The topological polar surface area (TPSA) is 92.9 Å². The SMILES string of the molecule is CNc1cc(NC(C)(C)C(N)=O)nc(-c2ccccc2)n1. The van der Waals surface area contributed by atoms with Crippen LogP contribution in [0.4, 0.5) is 11.6 Å². The van der Waals surface area contributed by atoms with E-state index in [4.69, 9.17) is 5.73 Å². The van der Waals surface area contributed by atoms with Gasteiger partial charge in [-0.05, 0) is 13.8 Å². The molecule has 0 saturated carbocycles. The number of nitrogens with zero attached hydrogens (tertiary/aromatic N) is 2. The first-order chi connectivity index (χ1) is 9.92. The number of carbonyl (C=O) groups excluding carboxylic acids is 1. The minimum atomic E-state index is -0.896. The monoisotopic (exact) mass is 285 g/mol. The Labute approximate surface area is 123 Å². The van der Waals surface area contributed by atoms with Crippen LogP contribution in [0.1, 0.15) is 13.8 Å². The van der Waals surface area contributed by atoms with Crippen molar-refractivity contribution in [1.29, 1.82) is 0 Å². The Hall–Kier alpha value is -2.63. The highest BCUT2D eigenvalue weighted by Gasteiger charge is 2.25. The van der Waals surface area contributed by atoms with Gasteiger partial charge in [0.05, 0.1) is 0 Å². The molecule has 1 heterocycles. The fraction of sp³-hybridized carbons (Fsp3) is 0.267. The van der Waals surface area contributed by atoms with Crippen LogP contribution in [-0.2, 0) is 4.79 Å². The van der Waals surface area contributed by atoms with Crippen LogP contribution in [0.5, 0.6) is 0 Å². The van der Waals surface area contributed by atoms with E-state index in [0.717, 1.165) is 5.56 Å². The number of hydrogen-bond acceptors (Lipinski definition) is 5. The van der Waals surface area contributed by atoms with Gasteiger partial charge in [0, 0.05) is 18.7 Å². The van der Waals surface area contributed by atoms with E-state index in [-0.39, 0.29) is 0 Å². The number of carbonyl (C=O) groups is 1. The van der Waals surface area contributed by atoms with E-state index in [1.807, 2.05) is 30.3 Å². The predicted octanol–water partition coefficient (Wildman–Crippen LogP) is 1.86. The first-order valence-corrected chi connectivity index (χ1v) is 6.63. The van der Waals surface area contributed by atoms with Crippen molar-refractivity contribution in [3.05, 3.63) is 36.4 Å². The fourth-order valence-electron chi connectivity index (χ4n) is 1.74. The summed E-state index contributed by atoms with van der Waals surface area (Å²) in [4.78, 5) is 20.3. The predicted molar refractivity (Wildman–Crippen MR) is 83.9 cm³/mol. The number of nitrogens with one attached hydrogen (secondary N) is 2. The number of aromatic nitrogens is 2. The van der Waals surface area contributed by atoms with Gasteiger partial charge in [0.25, 0.3) is 0 Å². The molecule has 2 aromatic rings. The molecule has 6 nitrogen and oxygen atoms in total. The van der Waals surface area contributed by atoms with E-state index >= 15 is 0 Å². The van der Waals surface area contributed by atoms with Crippen molar-refractivity contribution in [2.24, 2.45) is 5.73 Å². The number of hydrogen-bond donors (Lipinski definition) is 3. The molecule has 0 aliphatic rings. The maximum atomic E-state index is 11.4. The van der Waals surface area contributed by atoms with E-state index in [9.17, 15) is 4.79 Å². The zero-order valence-corrected chi connectivity index (χ0v) is 12.3. The lowest BCUT2D eigenvalue weighted by atomic mass is 10.1. The summed E-state index contributed by atoms with van der Waals surface area (Å²) in [5.74, 6) is 1.32. The number of primary amides is 1. The molecular formula is C15H19N5O. The Morgan fingerprint density at radius 2 is 1.76 bits per heavy atom. The molecule has 0 fully saturated rings. The third-order valence-electron chi connectivity index (χ3n) is 3.07. The average Bonchev–Trinajstić information content (AvgIpc) is 2.47. The van der Waals surface area contributed by atoms with Gasteiger partial charge >= 0.3 is 0 Å². The third kappa shape index (κ3) is 3.47. The zero-order valence-electron chi connectivity index (χ0n) is 12.3. The van der Waals surface area contributed by atoms with Gasteiger partial charge in [-0.3, -0.25) is 4.79 Å². The highest BCUT2D eigenvalue weighted by Crippen LogP contribution is 2.21. The molecule has 0 saturated heterocycles. The maximum Gasteiger partial charge on any atom is 0.242 e. The molecule has 110 valence electrons. The van der Waals surface area contributed by atoms with Gasteiger partial charge in [-0.15, -0.1) is 0 Å². The molecule has 1 aromatic carbocycles. The van der Waals surface area contributed by atoms with Crippen molar-refractivity contribution >= 4 is 17.5 Å². The molecular weight excluding hydrogens is 266 g/mol. The smallest absolute Gasteiger partial charge is 0.242 e. The van der Waals surface area contributed by atoms with Gasteiger partial charge in [-0.2, -0.15) is 0 Å². The number of anilines is 2. The first kappa shape index (κ1) is 14.8. The van der Waals surface area contributed by atoms with Crippen molar-refractivity contribution in [3.63, 3.8) is 0 Å². The standard InChI is InChI=1S/C15H19N5O/c1-15(2,14(16)21)20-12-9-11(17-3)18-13(19-12)10-7-5-4-6-8-10/h4-9H,1-3H3,(H2,16,21)(H2,17,18,19,20). The molecule has 2 rings (SSSR count). The molecule has 0 aliphatic carbocycles. The normalized spacial score (nSPS) is 11.0. The summed E-state index contributed by atoms with van der Waals surface area (Å²) in [7, 11) is 1.78. The lowest BCUT2D eigenvalue weighted by Gasteiger charge is -2.23. The average molecular weight is 285 g/mol. The van der Waals surface area contributed by atoms with Crippen LogP contribution in [0.25, 0.3) is 11.4 Å². The van der Waals surface area contributed by atoms with Crippen molar-refractivity contribution in [3.8, 4) is 11.4 Å². The summed E-state index contributed by atoms with van der Waals surface area (Å²) in [5, 5.41) is 6.02. The van der Waals surface area contributed by atoms with Gasteiger partial charge in [-0.1, -0.05) is 30.3 Å². The van der Waals surface area contributed by atoms with E-state index in [0.29, 0.717) is 17.5 Å². The number of rotatable bonds is 5. The third-order valence-corrected chi connectivity index (χ3v) is 3.07. The summed E-state index contributed by atoms with van der Waals surface area (Å²) in [6.07, 6.45) is 0. The van der Waals surface area contributed by atoms with E-state index in [2.05, 4.69) is 20.6 Å². The number of nitrogens with two attached hydrogens (primary N) is 1. The van der Waals surface area contributed by atoms with Gasteiger partial charge in [0.2, 0.25) is 5.91 Å². The highest BCUT2D eigenvalue weighted by molar-refractivity contribution is 5.86. The summed E-state index contributed by atoms with van der Waals surface area (Å²) < 4.78 is 0. The Bertz CT molecular complexity index is 640. The lowest BCUT2D eigenvalue weighted by molar-refractivity contribution is -0.121. The second kappa shape index (κ2) is 5.78. The highest BCUT2D eigenvalue weighted by atomic mass is 16.1. The molecule has 1 amide bonds. The van der Waals surface area contributed by atoms with Crippen molar-refractivity contribution in [2.45, 2.75) is 19.4 Å².